The number of amidine groups is 1. The monoisotopic (exact) mass is 250 g/mol. The first-order valence-electron chi connectivity index (χ1n) is 6.04. The highest BCUT2D eigenvalue weighted by molar-refractivity contribution is 6.09. The van der Waals surface area contributed by atoms with Gasteiger partial charge in [-0.15, -0.1) is 0 Å². The first-order chi connectivity index (χ1) is 9.16. The summed E-state index contributed by atoms with van der Waals surface area (Å²) < 4.78 is 1.85. The van der Waals surface area contributed by atoms with Gasteiger partial charge in [0.05, 0.1) is 11.9 Å². The zero-order valence-electron chi connectivity index (χ0n) is 10.6. The maximum absolute atomic E-state index is 7.65. The summed E-state index contributed by atoms with van der Waals surface area (Å²) in [5.41, 5.74) is 8.49. The molecule has 0 aliphatic rings. The molecule has 0 spiro atoms. The highest BCUT2D eigenvalue weighted by atomic mass is 15.3. The summed E-state index contributed by atoms with van der Waals surface area (Å²) in [5.74, 6) is 0.0828. The molecule has 0 aliphatic heterocycles. The molecular weight excluding hydrogens is 236 g/mol. The van der Waals surface area contributed by atoms with Gasteiger partial charge in [-0.2, -0.15) is 5.10 Å². The second-order valence-electron chi connectivity index (χ2n) is 4.55. The molecule has 2 aromatic carbocycles. The molecule has 3 rings (SSSR count). The number of nitrogens with two attached hydrogens (primary N) is 1. The van der Waals surface area contributed by atoms with Crippen LogP contribution < -0.4 is 5.73 Å². The van der Waals surface area contributed by atoms with E-state index in [1.807, 2.05) is 60.4 Å². The molecule has 3 N–H and O–H groups in total. The van der Waals surface area contributed by atoms with Gasteiger partial charge in [0.25, 0.3) is 0 Å². The van der Waals surface area contributed by atoms with Gasteiger partial charge in [-0.1, -0.05) is 24.3 Å². The lowest BCUT2D eigenvalue weighted by Gasteiger charge is -2.10. The SMILES string of the molecule is Cc1cnn(-c2ccc(C(=N)N)c3ccccc23)c1. The molecule has 0 bridgehead atoms. The van der Waals surface area contributed by atoms with Crippen molar-refractivity contribution < 1.29 is 0 Å². The van der Waals surface area contributed by atoms with Crippen LogP contribution in [0, 0.1) is 12.3 Å². The highest BCUT2D eigenvalue weighted by Crippen LogP contribution is 2.25. The van der Waals surface area contributed by atoms with Gasteiger partial charge in [0.1, 0.15) is 5.84 Å². The summed E-state index contributed by atoms with van der Waals surface area (Å²) >= 11 is 0. The number of nitrogens with one attached hydrogen (secondary N) is 1. The van der Waals surface area contributed by atoms with E-state index in [-0.39, 0.29) is 5.84 Å². The van der Waals surface area contributed by atoms with E-state index in [0.717, 1.165) is 27.6 Å². The molecule has 1 heterocycles. The van der Waals surface area contributed by atoms with E-state index in [2.05, 4.69) is 5.10 Å². The van der Waals surface area contributed by atoms with Crippen LogP contribution >= 0.6 is 0 Å². The maximum Gasteiger partial charge on any atom is 0.123 e. The van der Waals surface area contributed by atoms with Crippen molar-refractivity contribution in [2.45, 2.75) is 6.92 Å². The van der Waals surface area contributed by atoms with Gasteiger partial charge in [-0.05, 0) is 30.0 Å². The van der Waals surface area contributed by atoms with Crippen LogP contribution in [0.3, 0.4) is 0 Å². The number of fused-ring (bicyclic) bond motifs is 1. The van der Waals surface area contributed by atoms with Crippen molar-refractivity contribution >= 4 is 16.6 Å². The van der Waals surface area contributed by atoms with Gasteiger partial charge < -0.3 is 5.73 Å². The molecule has 0 atom stereocenters. The topological polar surface area (TPSA) is 67.7 Å². The van der Waals surface area contributed by atoms with E-state index < -0.39 is 0 Å². The van der Waals surface area contributed by atoms with Gasteiger partial charge in [-0.25, -0.2) is 4.68 Å². The molecule has 4 nitrogen and oxygen atoms in total. The molecule has 1 aromatic heterocycles. The second-order valence-corrected chi connectivity index (χ2v) is 4.55. The number of nitrogen functional groups attached to an aromatic ring is 1. The van der Waals surface area contributed by atoms with Crippen LogP contribution in [0.15, 0.2) is 48.8 Å². The van der Waals surface area contributed by atoms with Crippen molar-refractivity contribution in [3.8, 4) is 5.69 Å². The van der Waals surface area contributed by atoms with Gasteiger partial charge >= 0.3 is 0 Å². The largest absolute Gasteiger partial charge is 0.384 e. The molecule has 19 heavy (non-hydrogen) atoms. The Hall–Kier alpha value is -2.62. The molecule has 3 aromatic rings. The Balaban J connectivity index is 2.34. The normalized spacial score (nSPS) is 10.8. The number of hydrogen-bond acceptors (Lipinski definition) is 2. The summed E-state index contributed by atoms with van der Waals surface area (Å²) in [7, 11) is 0. The molecule has 0 amide bonds. The smallest absolute Gasteiger partial charge is 0.123 e. The Morgan fingerprint density at radius 3 is 2.53 bits per heavy atom. The number of aryl methyl sites for hydroxylation is 1. The lowest BCUT2D eigenvalue weighted by molar-refractivity contribution is 0.887. The average Bonchev–Trinajstić information content (AvgIpc) is 2.83. The van der Waals surface area contributed by atoms with Crippen molar-refractivity contribution in [3.63, 3.8) is 0 Å². The van der Waals surface area contributed by atoms with Crippen LogP contribution in [-0.2, 0) is 0 Å². The molecule has 0 fully saturated rings. The number of nitrogens with zero attached hydrogens (tertiary/aromatic N) is 2. The quantitative estimate of drug-likeness (QED) is 0.542. The summed E-state index contributed by atoms with van der Waals surface area (Å²) in [4.78, 5) is 0. The van der Waals surface area contributed by atoms with Crippen molar-refractivity contribution in [2.24, 2.45) is 5.73 Å². The minimum absolute atomic E-state index is 0.0828. The van der Waals surface area contributed by atoms with E-state index in [9.17, 15) is 0 Å². The van der Waals surface area contributed by atoms with Crippen molar-refractivity contribution in [2.75, 3.05) is 0 Å². The van der Waals surface area contributed by atoms with Gasteiger partial charge in [0.15, 0.2) is 0 Å². The van der Waals surface area contributed by atoms with Crippen LogP contribution in [0.1, 0.15) is 11.1 Å². The van der Waals surface area contributed by atoms with E-state index in [1.165, 1.54) is 0 Å². The van der Waals surface area contributed by atoms with Crippen molar-refractivity contribution in [1.29, 1.82) is 5.41 Å². The number of aromatic nitrogens is 2. The third-order valence-corrected chi connectivity index (χ3v) is 3.15. The van der Waals surface area contributed by atoms with E-state index in [4.69, 9.17) is 11.1 Å². The Bertz CT molecular complexity index is 771. The lowest BCUT2D eigenvalue weighted by atomic mass is 10.0. The molecule has 0 saturated heterocycles. The zero-order chi connectivity index (χ0) is 13.4. The third kappa shape index (κ3) is 1.87. The minimum atomic E-state index is 0.0828. The fraction of sp³-hybridized carbons (Fsp3) is 0.0667. The van der Waals surface area contributed by atoms with Crippen LogP contribution in [0.5, 0.6) is 0 Å². The summed E-state index contributed by atoms with van der Waals surface area (Å²) in [6.07, 6.45) is 3.81. The first kappa shape index (κ1) is 11.5. The number of benzene rings is 2. The third-order valence-electron chi connectivity index (χ3n) is 3.15. The maximum atomic E-state index is 7.65. The lowest BCUT2D eigenvalue weighted by Crippen LogP contribution is -2.12. The minimum Gasteiger partial charge on any atom is -0.384 e. The summed E-state index contributed by atoms with van der Waals surface area (Å²) in [6, 6.07) is 11.8. The summed E-state index contributed by atoms with van der Waals surface area (Å²) in [5, 5.41) is 14.0. The molecular formula is C15H14N4. The fourth-order valence-corrected chi connectivity index (χ4v) is 2.26. The van der Waals surface area contributed by atoms with Crippen LogP contribution in [-0.4, -0.2) is 15.6 Å². The average molecular weight is 250 g/mol. The second kappa shape index (κ2) is 4.24. The highest BCUT2D eigenvalue weighted by Gasteiger charge is 2.09. The predicted molar refractivity (Wildman–Crippen MR) is 76.8 cm³/mol. The first-order valence-corrected chi connectivity index (χ1v) is 6.04. The number of hydrogen-bond donors (Lipinski definition) is 2. The summed E-state index contributed by atoms with van der Waals surface area (Å²) in [6.45, 7) is 2.01. The molecule has 4 heteroatoms. The van der Waals surface area contributed by atoms with Crippen molar-refractivity contribution in [3.05, 3.63) is 59.9 Å². The Kier molecular flexibility index (Phi) is 2.56. The molecule has 0 unspecified atom stereocenters. The van der Waals surface area contributed by atoms with E-state index >= 15 is 0 Å². The molecule has 94 valence electrons. The van der Waals surface area contributed by atoms with Crippen LogP contribution in [0.4, 0.5) is 0 Å². The van der Waals surface area contributed by atoms with E-state index in [1.54, 1.807) is 0 Å². The van der Waals surface area contributed by atoms with Gasteiger partial charge in [0, 0.05) is 17.1 Å². The Labute approximate surface area is 111 Å². The standard InChI is InChI=1S/C15H14N4/c1-10-8-18-19(9-10)14-7-6-13(15(16)17)11-4-2-3-5-12(11)14/h2-9H,1H3,(H3,16,17). The fourth-order valence-electron chi connectivity index (χ4n) is 2.26. The van der Waals surface area contributed by atoms with Crippen LogP contribution in [0.2, 0.25) is 0 Å². The molecule has 0 radical (unpaired) electrons. The zero-order valence-corrected chi connectivity index (χ0v) is 10.6. The molecule has 0 saturated carbocycles. The van der Waals surface area contributed by atoms with Crippen molar-refractivity contribution in [1.82, 2.24) is 9.78 Å². The van der Waals surface area contributed by atoms with Gasteiger partial charge in [-0.3, -0.25) is 5.41 Å². The van der Waals surface area contributed by atoms with Gasteiger partial charge in [0.2, 0.25) is 0 Å². The molecule has 0 aliphatic carbocycles. The van der Waals surface area contributed by atoms with Crippen LogP contribution in [0.25, 0.3) is 16.5 Å². The predicted octanol–water partition coefficient (Wildman–Crippen LogP) is 2.62. The van der Waals surface area contributed by atoms with E-state index in [0.29, 0.717) is 0 Å². The number of rotatable bonds is 2. The Morgan fingerprint density at radius 1 is 1.16 bits per heavy atom. The Morgan fingerprint density at radius 2 is 1.89 bits per heavy atom.